The Morgan fingerprint density at radius 1 is 1.14 bits per heavy atom. The largest absolute Gasteiger partial charge is 0.382 e. The van der Waals surface area contributed by atoms with Gasteiger partial charge in [-0.1, -0.05) is 5.57 Å². The SMILES string of the molecule is CC(=O)C1(O)CCC2C3CCC4=CC(=N)CCC4C3CCC21. The van der Waals surface area contributed by atoms with Crippen LogP contribution in [0.5, 0.6) is 0 Å². The average Bonchev–Trinajstić information content (AvgIpc) is 2.85. The van der Waals surface area contributed by atoms with Crippen molar-refractivity contribution in [3.05, 3.63) is 11.6 Å². The zero-order chi connectivity index (χ0) is 15.5. The van der Waals surface area contributed by atoms with Crippen LogP contribution in [-0.4, -0.2) is 22.2 Å². The Balaban J connectivity index is 1.60. The van der Waals surface area contributed by atoms with Crippen LogP contribution in [0, 0.1) is 35.0 Å². The number of hydrogen-bond donors (Lipinski definition) is 2. The summed E-state index contributed by atoms with van der Waals surface area (Å²) in [6.07, 6.45) is 10.5. The number of aliphatic hydroxyl groups is 1. The van der Waals surface area contributed by atoms with Crippen molar-refractivity contribution in [3.8, 4) is 0 Å². The molecular formula is C19H27NO2. The molecule has 6 unspecified atom stereocenters. The summed E-state index contributed by atoms with van der Waals surface area (Å²) in [6.45, 7) is 1.57. The zero-order valence-corrected chi connectivity index (χ0v) is 13.5. The molecule has 0 bridgehead atoms. The van der Waals surface area contributed by atoms with Gasteiger partial charge in [0, 0.05) is 5.71 Å². The van der Waals surface area contributed by atoms with Crippen molar-refractivity contribution in [1.29, 1.82) is 5.41 Å². The lowest BCUT2D eigenvalue weighted by atomic mass is 9.55. The van der Waals surface area contributed by atoms with Crippen molar-refractivity contribution in [2.75, 3.05) is 0 Å². The summed E-state index contributed by atoms with van der Waals surface area (Å²) >= 11 is 0. The van der Waals surface area contributed by atoms with E-state index in [9.17, 15) is 9.90 Å². The highest BCUT2D eigenvalue weighted by Crippen LogP contribution is 2.59. The van der Waals surface area contributed by atoms with Crippen LogP contribution in [-0.2, 0) is 4.79 Å². The number of carbonyl (C=O) groups excluding carboxylic acids is 1. The highest BCUT2D eigenvalue weighted by atomic mass is 16.3. The molecule has 0 spiro atoms. The number of Topliss-reactive ketones (excluding diaryl/α,β-unsaturated/α-hetero) is 1. The topological polar surface area (TPSA) is 61.1 Å². The molecule has 4 rings (SSSR count). The number of allylic oxidation sites excluding steroid dienone is 2. The molecule has 2 N–H and O–H groups in total. The summed E-state index contributed by atoms with van der Waals surface area (Å²) < 4.78 is 0. The Kier molecular flexibility index (Phi) is 3.34. The van der Waals surface area contributed by atoms with Crippen molar-refractivity contribution >= 4 is 11.5 Å². The van der Waals surface area contributed by atoms with Crippen LogP contribution in [0.25, 0.3) is 0 Å². The van der Waals surface area contributed by atoms with Crippen LogP contribution in [0.3, 0.4) is 0 Å². The van der Waals surface area contributed by atoms with E-state index in [-0.39, 0.29) is 11.7 Å². The van der Waals surface area contributed by atoms with Gasteiger partial charge in [0.1, 0.15) is 5.60 Å². The van der Waals surface area contributed by atoms with Crippen LogP contribution < -0.4 is 0 Å². The highest BCUT2D eigenvalue weighted by Gasteiger charge is 2.57. The minimum absolute atomic E-state index is 0.0130. The fourth-order valence-electron chi connectivity index (χ4n) is 6.34. The first-order chi connectivity index (χ1) is 10.5. The summed E-state index contributed by atoms with van der Waals surface area (Å²) in [7, 11) is 0. The molecule has 3 nitrogen and oxygen atoms in total. The van der Waals surface area contributed by atoms with Crippen LogP contribution >= 0.6 is 0 Å². The van der Waals surface area contributed by atoms with E-state index in [0.717, 1.165) is 50.2 Å². The van der Waals surface area contributed by atoms with Crippen LogP contribution in [0.15, 0.2) is 11.6 Å². The molecule has 0 amide bonds. The predicted molar refractivity (Wildman–Crippen MR) is 85.8 cm³/mol. The zero-order valence-electron chi connectivity index (χ0n) is 13.5. The van der Waals surface area contributed by atoms with Crippen molar-refractivity contribution in [2.45, 2.75) is 63.9 Å². The average molecular weight is 301 g/mol. The van der Waals surface area contributed by atoms with Gasteiger partial charge in [0.2, 0.25) is 0 Å². The van der Waals surface area contributed by atoms with Crippen molar-refractivity contribution in [2.24, 2.45) is 29.6 Å². The minimum Gasteiger partial charge on any atom is -0.382 e. The van der Waals surface area contributed by atoms with Gasteiger partial charge in [-0.3, -0.25) is 4.79 Å². The molecular weight excluding hydrogens is 274 g/mol. The smallest absolute Gasteiger partial charge is 0.161 e. The van der Waals surface area contributed by atoms with Gasteiger partial charge in [-0.25, -0.2) is 0 Å². The number of nitrogens with one attached hydrogen (secondary N) is 1. The lowest BCUT2D eigenvalue weighted by molar-refractivity contribution is -0.142. The van der Waals surface area contributed by atoms with Gasteiger partial charge >= 0.3 is 0 Å². The van der Waals surface area contributed by atoms with Gasteiger partial charge in [-0.05, 0) is 94.0 Å². The maximum atomic E-state index is 12.0. The minimum atomic E-state index is -1.03. The van der Waals surface area contributed by atoms with Gasteiger partial charge in [-0.2, -0.15) is 0 Å². The summed E-state index contributed by atoms with van der Waals surface area (Å²) in [4.78, 5) is 12.0. The van der Waals surface area contributed by atoms with E-state index >= 15 is 0 Å². The second kappa shape index (κ2) is 5.02. The molecule has 3 saturated carbocycles. The molecule has 6 atom stereocenters. The normalized spacial score (nSPS) is 47.3. The second-order valence-corrected chi connectivity index (χ2v) is 8.12. The molecule has 22 heavy (non-hydrogen) atoms. The molecule has 4 aliphatic carbocycles. The van der Waals surface area contributed by atoms with E-state index in [1.165, 1.54) is 12.0 Å². The molecule has 0 aromatic carbocycles. The van der Waals surface area contributed by atoms with E-state index in [0.29, 0.717) is 24.2 Å². The summed E-state index contributed by atoms with van der Waals surface area (Å²) in [5, 5.41) is 18.7. The number of rotatable bonds is 1. The molecule has 0 aromatic rings. The predicted octanol–water partition coefficient (Wildman–Crippen LogP) is 3.51. The Labute approximate surface area is 132 Å². The Morgan fingerprint density at radius 2 is 1.95 bits per heavy atom. The Morgan fingerprint density at radius 3 is 2.73 bits per heavy atom. The third kappa shape index (κ3) is 1.97. The van der Waals surface area contributed by atoms with Crippen LogP contribution in [0.1, 0.15) is 58.3 Å². The lowest BCUT2D eigenvalue weighted by Crippen LogP contribution is -2.48. The molecule has 4 aliphatic rings. The van der Waals surface area contributed by atoms with E-state index in [1.807, 2.05) is 0 Å². The first kappa shape index (κ1) is 14.6. The number of carbonyl (C=O) groups is 1. The Hall–Kier alpha value is -0.960. The van der Waals surface area contributed by atoms with Crippen molar-refractivity contribution < 1.29 is 9.90 Å². The molecule has 0 radical (unpaired) electrons. The fourth-order valence-corrected chi connectivity index (χ4v) is 6.34. The maximum Gasteiger partial charge on any atom is 0.161 e. The summed E-state index contributed by atoms with van der Waals surface area (Å²) in [6, 6.07) is 0. The molecule has 0 aliphatic heterocycles. The van der Waals surface area contributed by atoms with Crippen LogP contribution in [0.2, 0.25) is 0 Å². The number of hydrogen-bond acceptors (Lipinski definition) is 3. The number of fused-ring (bicyclic) bond motifs is 5. The van der Waals surface area contributed by atoms with E-state index in [1.54, 1.807) is 6.92 Å². The van der Waals surface area contributed by atoms with Crippen LogP contribution in [0.4, 0.5) is 0 Å². The third-order valence-electron chi connectivity index (χ3n) is 7.35. The monoisotopic (exact) mass is 301 g/mol. The highest BCUT2D eigenvalue weighted by molar-refractivity contribution is 5.93. The maximum absolute atomic E-state index is 12.0. The first-order valence-electron chi connectivity index (χ1n) is 9.02. The molecule has 3 heteroatoms. The summed E-state index contributed by atoms with van der Waals surface area (Å²) in [5.74, 6) is 2.86. The molecule has 0 heterocycles. The Bertz CT molecular complexity index is 552. The van der Waals surface area contributed by atoms with Crippen molar-refractivity contribution in [3.63, 3.8) is 0 Å². The standard InChI is InChI=1S/C19H27NO2/c1-11(21)19(22)9-8-17-16-4-2-12-10-13(20)3-5-14(12)15(16)6-7-18(17)19/h10,14-18,20,22H,2-9H2,1H3. The quantitative estimate of drug-likeness (QED) is 0.778. The van der Waals surface area contributed by atoms with E-state index < -0.39 is 5.60 Å². The molecule has 0 saturated heterocycles. The van der Waals surface area contributed by atoms with E-state index in [4.69, 9.17) is 5.41 Å². The van der Waals surface area contributed by atoms with Gasteiger partial charge in [0.05, 0.1) is 0 Å². The van der Waals surface area contributed by atoms with Crippen molar-refractivity contribution in [1.82, 2.24) is 0 Å². The third-order valence-corrected chi connectivity index (χ3v) is 7.35. The summed E-state index contributed by atoms with van der Waals surface area (Å²) in [5.41, 5.74) is 1.31. The second-order valence-electron chi connectivity index (χ2n) is 8.12. The van der Waals surface area contributed by atoms with Gasteiger partial charge in [-0.15, -0.1) is 0 Å². The van der Waals surface area contributed by atoms with Gasteiger partial charge in [0.25, 0.3) is 0 Å². The van der Waals surface area contributed by atoms with E-state index in [2.05, 4.69) is 6.08 Å². The number of ketones is 1. The fraction of sp³-hybridized carbons (Fsp3) is 0.789. The lowest BCUT2D eigenvalue weighted by Gasteiger charge is -2.50. The van der Waals surface area contributed by atoms with Gasteiger partial charge in [0.15, 0.2) is 5.78 Å². The first-order valence-corrected chi connectivity index (χ1v) is 9.02. The van der Waals surface area contributed by atoms with Gasteiger partial charge < -0.3 is 10.5 Å². The molecule has 120 valence electrons. The molecule has 3 fully saturated rings. The molecule has 0 aromatic heterocycles.